The summed E-state index contributed by atoms with van der Waals surface area (Å²) in [5.41, 5.74) is 12.3. The van der Waals surface area contributed by atoms with Gasteiger partial charge < -0.3 is 0 Å². The van der Waals surface area contributed by atoms with Crippen LogP contribution in [0, 0.1) is 13.8 Å². The molecule has 2 aromatic carbocycles. The number of hydrogen-bond donors (Lipinski definition) is 0. The van der Waals surface area contributed by atoms with Crippen LogP contribution < -0.4 is 5.01 Å². The smallest absolute Gasteiger partial charge is 0.118 e. The standard InChI is InChI=1S/C32H42N6/c1-7-11-23-17-27-31(19-25(23)13-9-3)37(35-33-27)29-15-22(6)30(16-21(29)5)38-32-20-26(14-10-4)24(12-8-2)18-28(32)34-36-38/h15-20,27,31H,7-14H2,1-6H3. The third kappa shape index (κ3) is 4.81. The van der Waals surface area contributed by atoms with Gasteiger partial charge in [-0.3, -0.25) is 0 Å². The molecule has 0 amide bonds. The lowest BCUT2D eigenvalue weighted by molar-refractivity contribution is 0.692. The third-order valence-electron chi connectivity index (χ3n) is 7.90. The van der Waals surface area contributed by atoms with Crippen molar-refractivity contribution in [2.75, 3.05) is 5.01 Å². The van der Waals surface area contributed by atoms with Crippen molar-refractivity contribution in [1.82, 2.24) is 15.0 Å². The predicted molar refractivity (Wildman–Crippen MR) is 157 cm³/mol. The Morgan fingerprint density at radius 3 is 2.00 bits per heavy atom. The fourth-order valence-electron chi connectivity index (χ4n) is 6.05. The average molecular weight is 511 g/mol. The van der Waals surface area contributed by atoms with Gasteiger partial charge >= 0.3 is 0 Å². The van der Waals surface area contributed by atoms with Gasteiger partial charge in [0.2, 0.25) is 0 Å². The highest BCUT2D eigenvalue weighted by Gasteiger charge is 2.35. The Labute approximate surface area is 227 Å². The summed E-state index contributed by atoms with van der Waals surface area (Å²) in [5, 5.41) is 20.7. The molecule has 2 heterocycles. The van der Waals surface area contributed by atoms with E-state index < -0.39 is 0 Å². The van der Waals surface area contributed by atoms with Crippen molar-refractivity contribution in [2.24, 2.45) is 10.3 Å². The zero-order valence-electron chi connectivity index (χ0n) is 24.0. The van der Waals surface area contributed by atoms with Crippen molar-refractivity contribution < 1.29 is 0 Å². The zero-order valence-corrected chi connectivity index (χ0v) is 24.0. The van der Waals surface area contributed by atoms with Gasteiger partial charge in [-0.05, 0) is 97.2 Å². The number of hydrogen-bond acceptors (Lipinski definition) is 5. The molecule has 6 heteroatoms. The van der Waals surface area contributed by atoms with Crippen molar-refractivity contribution in [3.05, 3.63) is 69.8 Å². The van der Waals surface area contributed by atoms with Crippen LogP contribution in [0.2, 0.25) is 0 Å². The highest BCUT2D eigenvalue weighted by atomic mass is 15.6. The number of fused-ring (bicyclic) bond motifs is 2. The molecule has 5 rings (SSSR count). The van der Waals surface area contributed by atoms with Gasteiger partial charge in [-0.2, -0.15) is 5.11 Å². The van der Waals surface area contributed by atoms with Crippen LogP contribution in [0.4, 0.5) is 5.69 Å². The van der Waals surface area contributed by atoms with Crippen molar-refractivity contribution in [3.8, 4) is 5.69 Å². The molecule has 0 N–H and O–H groups in total. The summed E-state index contributed by atoms with van der Waals surface area (Å²) in [6.07, 6.45) is 13.8. The summed E-state index contributed by atoms with van der Waals surface area (Å²) in [4.78, 5) is 0. The third-order valence-corrected chi connectivity index (χ3v) is 7.90. The lowest BCUT2D eigenvalue weighted by Gasteiger charge is -2.29. The number of benzene rings is 2. The zero-order chi connectivity index (χ0) is 26.8. The SMILES string of the molecule is CCCC1=CC2N=NN(c3cc(C)c(-n4nnc5cc(CCC)c(CCC)cc54)cc3C)C2C=C1CCC. The van der Waals surface area contributed by atoms with Gasteiger partial charge in [0.05, 0.1) is 16.9 Å². The van der Waals surface area contributed by atoms with E-state index in [-0.39, 0.29) is 12.1 Å². The van der Waals surface area contributed by atoms with Crippen LogP contribution >= 0.6 is 0 Å². The van der Waals surface area contributed by atoms with Gasteiger partial charge in [0.15, 0.2) is 0 Å². The molecule has 2 aliphatic rings. The minimum atomic E-state index is 0.0881. The van der Waals surface area contributed by atoms with Crippen LogP contribution in [0.3, 0.4) is 0 Å². The van der Waals surface area contributed by atoms with Crippen LogP contribution in [0.1, 0.15) is 88.5 Å². The van der Waals surface area contributed by atoms with Gasteiger partial charge in [0.1, 0.15) is 17.6 Å². The maximum absolute atomic E-state index is 4.68. The van der Waals surface area contributed by atoms with E-state index in [4.69, 9.17) is 0 Å². The minimum Gasteiger partial charge on any atom is -0.237 e. The van der Waals surface area contributed by atoms with Crippen LogP contribution in [0.25, 0.3) is 16.7 Å². The Morgan fingerprint density at radius 1 is 0.711 bits per heavy atom. The molecule has 0 saturated carbocycles. The Kier molecular flexibility index (Phi) is 7.78. The first kappa shape index (κ1) is 26.3. The number of nitrogens with zero attached hydrogens (tertiary/aromatic N) is 6. The molecule has 6 nitrogen and oxygen atoms in total. The Balaban J connectivity index is 1.51. The Hall–Kier alpha value is -3.28. The predicted octanol–water partition coefficient (Wildman–Crippen LogP) is 8.33. The van der Waals surface area contributed by atoms with E-state index in [1.54, 1.807) is 0 Å². The molecule has 38 heavy (non-hydrogen) atoms. The van der Waals surface area contributed by atoms with E-state index in [1.165, 1.54) is 27.8 Å². The van der Waals surface area contributed by atoms with Gasteiger partial charge in [0.25, 0.3) is 0 Å². The monoisotopic (exact) mass is 510 g/mol. The maximum atomic E-state index is 4.68. The maximum Gasteiger partial charge on any atom is 0.118 e. The van der Waals surface area contributed by atoms with Gasteiger partial charge in [-0.1, -0.05) is 76.0 Å². The summed E-state index contributed by atoms with van der Waals surface area (Å²) in [5.74, 6) is 0. The molecule has 1 aromatic heterocycles. The fraction of sp³-hybridized carbons (Fsp3) is 0.500. The highest BCUT2D eigenvalue weighted by molar-refractivity contribution is 5.79. The van der Waals surface area contributed by atoms with E-state index in [0.29, 0.717) is 0 Å². The van der Waals surface area contributed by atoms with E-state index in [1.807, 2.05) is 4.68 Å². The molecule has 1 aliphatic carbocycles. The quantitative estimate of drug-likeness (QED) is 0.275. The van der Waals surface area contributed by atoms with Crippen molar-refractivity contribution in [2.45, 2.75) is 105 Å². The van der Waals surface area contributed by atoms with Crippen LogP contribution in [-0.2, 0) is 12.8 Å². The van der Waals surface area contributed by atoms with Crippen molar-refractivity contribution in [1.29, 1.82) is 0 Å². The molecule has 0 radical (unpaired) electrons. The fourth-order valence-corrected chi connectivity index (χ4v) is 6.05. The van der Waals surface area contributed by atoms with Crippen molar-refractivity contribution >= 4 is 16.7 Å². The van der Waals surface area contributed by atoms with Crippen LogP contribution in [0.5, 0.6) is 0 Å². The van der Waals surface area contributed by atoms with Gasteiger partial charge in [0, 0.05) is 0 Å². The topological polar surface area (TPSA) is 58.7 Å². The summed E-state index contributed by atoms with van der Waals surface area (Å²) in [7, 11) is 0. The first-order valence-corrected chi connectivity index (χ1v) is 14.6. The number of aromatic nitrogens is 3. The summed E-state index contributed by atoms with van der Waals surface area (Å²) in [6.45, 7) is 13.3. The van der Waals surface area contributed by atoms with Crippen molar-refractivity contribution in [3.63, 3.8) is 0 Å². The number of anilines is 1. The second kappa shape index (κ2) is 11.2. The number of aryl methyl sites for hydroxylation is 4. The molecule has 0 fully saturated rings. The van der Waals surface area contributed by atoms with Gasteiger partial charge in [-0.25, -0.2) is 9.69 Å². The lowest BCUT2D eigenvalue weighted by Crippen LogP contribution is -2.35. The van der Waals surface area contributed by atoms with E-state index in [9.17, 15) is 0 Å². The molecular weight excluding hydrogens is 468 g/mol. The molecule has 0 spiro atoms. The first-order chi connectivity index (χ1) is 18.5. The van der Waals surface area contributed by atoms with Gasteiger partial charge in [-0.15, -0.1) is 5.10 Å². The van der Waals surface area contributed by atoms with E-state index in [0.717, 1.165) is 79.3 Å². The molecule has 200 valence electrons. The molecular formula is C32H42N6. The molecule has 2 atom stereocenters. The molecule has 0 saturated heterocycles. The largest absolute Gasteiger partial charge is 0.237 e. The minimum absolute atomic E-state index is 0.0881. The lowest BCUT2D eigenvalue weighted by atomic mass is 9.87. The Bertz CT molecular complexity index is 1410. The number of allylic oxidation sites excluding steroid dienone is 2. The summed E-state index contributed by atoms with van der Waals surface area (Å²) >= 11 is 0. The normalized spacial score (nSPS) is 18.7. The summed E-state index contributed by atoms with van der Waals surface area (Å²) in [6, 6.07) is 9.27. The van der Waals surface area contributed by atoms with E-state index in [2.05, 4.69) is 104 Å². The molecule has 2 unspecified atom stereocenters. The highest BCUT2D eigenvalue weighted by Crippen LogP contribution is 2.38. The average Bonchev–Trinajstić information content (AvgIpc) is 3.49. The summed E-state index contributed by atoms with van der Waals surface area (Å²) < 4.78 is 2.02. The van der Waals surface area contributed by atoms with E-state index >= 15 is 0 Å². The second-order valence-corrected chi connectivity index (χ2v) is 11.0. The Morgan fingerprint density at radius 2 is 1.32 bits per heavy atom. The number of rotatable bonds is 10. The molecule has 3 aromatic rings. The second-order valence-electron chi connectivity index (χ2n) is 11.0. The molecule has 0 bridgehead atoms. The van der Waals surface area contributed by atoms with Crippen LogP contribution in [0.15, 0.2) is 57.9 Å². The van der Waals surface area contributed by atoms with Crippen LogP contribution in [-0.4, -0.2) is 27.1 Å². The first-order valence-electron chi connectivity index (χ1n) is 14.6. The molecule has 1 aliphatic heterocycles.